The maximum Gasteiger partial charge on any atom is 0.200 e. The van der Waals surface area contributed by atoms with Gasteiger partial charge >= 0.3 is 0 Å². The summed E-state index contributed by atoms with van der Waals surface area (Å²) < 4.78 is 5.43. The van der Waals surface area contributed by atoms with E-state index in [1.165, 1.54) is 5.56 Å². The van der Waals surface area contributed by atoms with Crippen molar-refractivity contribution in [2.45, 2.75) is 13.3 Å². The molecule has 3 heteroatoms. The number of carbonyl (C=O) groups is 1. The Hall–Kier alpha value is -2.29. The monoisotopic (exact) mass is 255 g/mol. The zero-order chi connectivity index (χ0) is 13.7. The van der Waals surface area contributed by atoms with E-state index in [0.717, 1.165) is 6.42 Å². The van der Waals surface area contributed by atoms with Crippen LogP contribution in [0.2, 0.25) is 0 Å². The van der Waals surface area contributed by atoms with Crippen LogP contribution in [0.15, 0.2) is 48.5 Å². The van der Waals surface area contributed by atoms with Crippen LogP contribution in [-0.2, 0) is 6.42 Å². The summed E-state index contributed by atoms with van der Waals surface area (Å²) in [5.74, 6) is 0.573. The SMILES string of the molecule is CCc1ccc(C(=O)COc2cccc(N)c2)cc1. The number of carbonyl (C=O) groups excluding carboxylic acids is 1. The summed E-state index contributed by atoms with van der Waals surface area (Å²) in [6.45, 7) is 2.11. The second kappa shape index (κ2) is 6.05. The molecule has 0 spiro atoms. The van der Waals surface area contributed by atoms with E-state index in [-0.39, 0.29) is 12.4 Å². The first kappa shape index (κ1) is 13.1. The molecule has 0 aliphatic heterocycles. The average molecular weight is 255 g/mol. The highest BCUT2D eigenvalue weighted by Crippen LogP contribution is 2.15. The first-order valence-corrected chi connectivity index (χ1v) is 6.29. The lowest BCUT2D eigenvalue weighted by atomic mass is 10.1. The number of hydrogen-bond donors (Lipinski definition) is 1. The fourth-order valence-corrected chi connectivity index (χ4v) is 1.76. The van der Waals surface area contributed by atoms with Crippen LogP contribution in [0.1, 0.15) is 22.8 Å². The highest BCUT2D eigenvalue weighted by Gasteiger charge is 2.06. The lowest BCUT2D eigenvalue weighted by Crippen LogP contribution is -2.11. The van der Waals surface area contributed by atoms with Crippen LogP contribution in [0.5, 0.6) is 5.75 Å². The van der Waals surface area contributed by atoms with E-state index >= 15 is 0 Å². The largest absolute Gasteiger partial charge is 0.485 e. The number of nitrogens with two attached hydrogens (primary N) is 1. The zero-order valence-corrected chi connectivity index (χ0v) is 10.9. The third-order valence-electron chi connectivity index (χ3n) is 2.91. The lowest BCUT2D eigenvalue weighted by molar-refractivity contribution is 0.0921. The summed E-state index contributed by atoms with van der Waals surface area (Å²) in [6, 6.07) is 14.7. The Bertz CT molecular complexity index is 561. The molecule has 0 aliphatic rings. The van der Waals surface area contributed by atoms with Gasteiger partial charge in [0.15, 0.2) is 12.4 Å². The normalized spacial score (nSPS) is 10.2. The van der Waals surface area contributed by atoms with E-state index in [1.54, 1.807) is 24.3 Å². The highest BCUT2D eigenvalue weighted by molar-refractivity contribution is 5.97. The Morgan fingerprint density at radius 2 is 1.89 bits per heavy atom. The standard InChI is InChI=1S/C16H17NO2/c1-2-12-6-8-13(9-7-12)16(18)11-19-15-5-3-4-14(17)10-15/h3-10H,2,11,17H2,1H3. The molecule has 0 amide bonds. The Labute approximate surface area is 113 Å². The van der Waals surface area contributed by atoms with Crippen LogP contribution in [0.25, 0.3) is 0 Å². The molecule has 0 aromatic heterocycles. The smallest absolute Gasteiger partial charge is 0.200 e. The van der Waals surface area contributed by atoms with Gasteiger partial charge in [-0.15, -0.1) is 0 Å². The van der Waals surface area contributed by atoms with Gasteiger partial charge in [0, 0.05) is 17.3 Å². The average Bonchev–Trinajstić information content (AvgIpc) is 2.45. The minimum atomic E-state index is -0.0370. The molecule has 2 rings (SSSR count). The molecule has 0 radical (unpaired) electrons. The van der Waals surface area contributed by atoms with E-state index in [2.05, 4.69) is 6.92 Å². The van der Waals surface area contributed by atoms with Gasteiger partial charge in [0.1, 0.15) is 5.75 Å². The van der Waals surface area contributed by atoms with E-state index in [4.69, 9.17) is 10.5 Å². The van der Waals surface area contributed by atoms with Gasteiger partial charge in [-0.2, -0.15) is 0 Å². The predicted molar refractivity (Wildman–Crippen MR) is 76.5 cm³/mol. The molecule has 2 aromatic rings. The van der Waals surface area contributed by atoms with Crippen molar-refractivity contribution in [3.63, 3.8) is 0 Å². The van der Waals surface area contributed by atoms with Gasteiger partial charge in [-0.3, -0.25) is 4.79 Å². The van der Waals surface area contributed by atoms with Crippen molar-refractivity contribution in [1.82, 2.24) is 0 Å². The first-order chi connectivity index (χ1) is 9.19. The maximum atomic E-state index is 11.9. The molecule has 2 aromatic carbocycles. The zero-order valence-electron chi connectivity index (χ0n) is 10.9. The fraction of sp³-hybridized carbons (Fsp3) is 0.188. The van der Waals surface area contributed by atoms with Gasteiger partial charge < -0.3 is 10.5 Å². The number of benzene rings is 2. The molecule has 0 heterocycles. The number of rotatable bonds is 5. The summed E-state index contributed by atoms with van der Waals surface area (Å²) in [4.78, 5) is 11.9. The van der Waals surface area contributed by atoms with Crippen molar-refractivity contribution in [3.05, 3.63) is 59.7 Å². The molecule has 98 valence electrons. The highest BCUT2D eigenvalue weighted by atomic mass is 16.5. The number of nitrogen functional groups attached to an aromatic ring is 1. The summed E-state index contributed by atoms with van der Waals surface area (Å²) in [6.07, 6.45) is 0.967. The van der Waals surface area contributed by atoms with Crippen LogP contribution in [0.4, 0.5) is 5.69 Å². The predicted octanol–water partition coefficient (Wildman–Crippen LogP) is 3.09. The van der Waals surface area contributed by atoms with Crippen molar-refractivity contribution in [1.29, 1.82) is 0 Å². The number of aryl methyl sites for hydroxylation is 1. The van der Waals surface area contributed by atoms with Gasteiger partial charge in [-0.25, -0.2) is 0 Å². The molecule has 3 nitrogen and oxygen atoms in total. The summed E-state index contributed by atoms with van der Waals surface area (Å²) >= 11 is 0. The first-order valence-electron chi connectivity index (χ1n) is 6.29. The number of Topliss-reactive ketones (excluding diaryl/α,β-unsaturated/α-hetero) is 1. The molecule has 0 bridgehead atoms. The van der Waals surface area contributed by atoms with E-state index in [0.29, 0.717) is 17.0 Å². The molecule has 0 saturated heterocycles. The molecule has 0 atom stereocenters. The van der Waals surface area contributed by atoms with Crippen molar-refractivity contribution >= 4 is 11.5 Å². The molecular weight excluding hydrogens is 238 g/mol. The molecule has 19 heavy (non-hydrogen) atoms. The molecule has 0 aliphatic carbocycles. The molecular formula is C16H17NO2. The van der Waals surface area contributed by atoms with Gasteiger partial charge in [-0.05, 0) is 24.1 Å². The van der Waals surface area contributed by atoms with E-state index in [9.17, 15) is 4.79 Å². The summed E-state index contributed by atoms with van der Waals surface area (Å²) in [7, 11) is 0. The van der Waals surface area contributed by atoms with Crippen molar-refractivity contribution in [3.8, 4) is 5.75 Å². The maximum absolute atomic E-state index is 11.9. The van der Waals surface area contributed by atoms with Crippen LogP contribution >= 0.6 is 0 Å². The van der Waals surface area contributed by atoms with Crippen LogP contribution < -0.4 is 10.5 Å². The van der Waals surface area contributed by atoms with Crippen LogP contribution in [0, 0.1) is 0 Å². The molecule has 0 unspecified atom stereocenters. The second-order valence-electron chi connectivity index (χ2n) is 4.33. The van der Waals surface area contributed by atoms with Crippen molar-refractivity contribution in [2.24, 2.45) is 0 Å². The third-order valence-corrected chi connectivity index (χ3v) is 2.91. The van der Waals surface area contributed by atoms with Gasteiger partial charge in [0.2, 0.25) is 0 Å². The van der Waals surface area contributed by atoms with Crippen molar-refractivity contribution < 1.29 is 9.53 Å². The van der Waals surface area contributed by atoms with Crippen molar-refractivity contribution in [2.75, 3.05) is 12.3 Å². The topological polar surface area (TPSA) is 52.3 Å². The summed E-state index contributed by atoms with van der Waals surface area (Å²) in [5, 5.41) is 0. The summed E-state index contributed by atoms with van der Waals surface area (Å²) in [5.41, 5.74) is 8.15. The molecule has 0 saturated carbocycles. The Balaban J connectivity index is 1.97. The Morgan fingerprint density at radius 1 is 1.16 bits per heavy atom. The van der Waals surface area contributed by atoms with E-state index in [1.807, 2.05) is 24.3 Å². The number of ketones is 1. The Kier molecular flexibility index (Phi) is 4.18. The van der Waals surface area contributed by atoms with Gasteiger partial charge in [0.25, 0.3) is 0 Å². The molecule has 2 N–H and O–H groups in total. The number of anilines is 1. The molecule has 0 fully saturated rings. The Morgan fingerprint density at radius 3 is 2.53 bits per heavy atom. The number of hydrogen-bond acceptors (Lipinski definition) is 3. The third kappa shape index (κ3) is 3.58. The minimum absolute atomic E-state index is 0.0227. The quantitative estimate of drug-likeness (QED) is 0.659. The lowest BCUT2D eigenvalue weighted by Gasteiger charge is -2.06. The van der Waals surface area contributed by atoms with Gasteiger partial charge in [0.05, 0.1) is 0 Å². The van der Waals surface area contributed by atoms with Crippen LogP contribution in [-0.4, -0.2) is 12.4 Å². The minimum Gasteiger partial charge on any atom is -0.485 e. The number of ether oxygens (including phenoxy) is 1. The second-order valence-corrected chi connectivity index (χ2v) is 4.33. The van der Waals surface area contributed by atoms with Crippen LogP contribution in [0.3, 0.4) is 0 Å². The van der Waals surface area contributed by atoms with E-state index < -0.39 is 0 Å². The van der Waals surface area contributed by atoms with Gasteiger partial charge in [-0.1, -0.05) is 37.3 Å². The fourth-order valence-electron chi connectivity index (χ4n) is 1.76.